The van der Waals surface area contributed by atoms with E-state index in [0.717, 1.165) is 0 Å². The number of rotatable bonds is 3. The van der Waals surface area contributed by atoms with Gasteiger partial charge in [0.05, 0.1) is 29.7 Å². The van der Waals surface area contributed by atoms with Gasteiger partial charge in [0.2, 0.25) is 0 Å². The topological polar surface area (TPSA) is 64.3 Å². The molecule has 0 aliphatic carbocycles. The molecule has 2 aromatic rings. The molecule has 104 valence electrons. The zero-order valence-electron chi connectivity index (χ0n) is 10.6. The molecule has 0 bridgehead atoms. The summed E-state index contributed by atoms with van der Waals surface area (Å²) in [4.78, 5) is 11.5. The van der Waals surface area contributed by atoms with Gasteiger partial charge in [-0.25, -0.2) is 9.18 Å². The molecule has 0 atom stereocenters. The van der Waals surface area contributed by atoms with E-state index < -0.39 is 11.8 Å². The molecule has 0 unspecified atom stereocenters. The Morgan fingerprint density at radius 3 is 2.65 bits per heavy atom. The van der Waals surface area contributed by atoms with Gasteiger partial charge in [-0.3, -0.25) is 0 Å². The lowest BCUT2D eigenvalue weighted by molar-refractivity contribution is 0.0601. The second-order valence-corrected chi connectivity index (χ2v) is 4.48. The van der Waals surface area contributed by atoms with Gasteiger partial charge in [0, 0.05) is 5.02 Å². The van der Waals surface area contributed by atoms with Crippen molar-refractivity contribution in [3.8, 4) is 0 Å². The average molecular weight is 295 g/mol. The van der Waals surface area contributed by atoms with Gasteiger partial charge in [-0.1, -0.05) is 11.6 Å². The predicted octanol–water partition coefficient (Wildman–Crippen LogP) is 3.59. The first-order valence-electron chi connectivity index (χ1n) is 5.71. The molecule has 2 aromatic carbocycles. The van der Waals surface area contributed by atoms with Crippen LogP contribution in [0.15, 0.2) is 36.4 Å². The highest BCUT2D eigenvalue weighted by Gasteiger charge is 2.10. The molecule has 0 saturated heterocycles. The molecule has 0 amide bonds. The summed E-state index contributed by atoms with van der Waals surface area (Å²) in [5.74, 6) is -1.01. The fourth-order valence-corrected chi connectivity index (χ4v) is 1.80. The maximum absolute atomic E-state index is 13.7. The average Bonchev–Trinajstić information content (AvgIpc) is 2.43. The first-order chi connectivity index (χ1) is 9.51. The fraction of sp³-hybridized carbons (Fsp3) is 0.0714. The molecule has 0 heterocycles. The molecule has 0 saturated carbocycles. The number of esters is 1. The van der Waals surface area contributed by atoms with Crippen molar-refractivity contribution < 1.29 is 13.9 Å². The van der Waals surface area contributed by atoms with Gasteiger partial charge in [0.25, 0.3) is 0 Å². The van der Waals surface area contributed by atoms with Crippen LogP contribution in [0.3, 0.4) is 0 Å². The van der Waals surface area contributed by atoms with Gasteiger partial charge in [-0.05, 0) is 36.4 Å². The number of halogens is 2. The van der Waals surface area contributed by atoms with Crippen molar-refractivity contribution in [2.45, 2.75) is 0 Å². The van der Waals surface area contributed by atoms with Gasteiger partial charge in [0.15, 0.2) is 0 Å². The molecule has 0 spiro atoms. The van der Waals surface area contributed by atoms with Crippen LogP contribution in [-0.2, 0) is 4.74 Å². The summed E-state index contributed by atoms with van der Waals surface area (Å²) in [6.45, 7) is 0. The van der Waals surface area contributed by atoms with E-state index in [9.17, 15) is 9.18 Å². The van der Waals surface area contributed by atoms with Crippen molar-refractivity contribution in [3.63, 3.8) is 0 Å². The molecule has 0 radical (unpaired) electrons. The van der Waals surface area contributed by atoms with Crippen molar-refractivity contribution in [1.82, 2.24) is 0 Å². The van der Waals surface area contributed by atoms with Crippen LogP contribution in [0.4, 0.5) is 21.5 Å². The van der Waals surface area contributed by atoms with Gasteiger partial charge >= 0.3 is 5.97 Å². The summed E-state index contributed by atoms with van der Waals surface area (Å²) in [5.41, 5.74) is 7.12. The normalized spacial score (nSPS) is 10.2. The van der Waals surface area contributed by atoms with E-state index in [4.69, 9.17) is 17.3 Å². The van der Waals surface area contributed by atoms with Crippen LogP contribution in [0.25, 0.3) is 0 Å². The quantitative estimate of drug-likeness (QED) is 0.671. The Morgan fingerprint density at radius 2 is 2.00 bits per heavy atom. The number of carbonyl (C=O) groups is 1. The molecule has 6 heteroatoms. The zero-order chi connectivity index (χ0) is 14.7. The number of nitrogen functional groups attached to an aromatic ring is 1. The number of nitrogens with two attached hydrogens (primary N) is 1. The lowest BCUT2D eigenvalue weighted by atomic mass is 10.1. The third-order valence-corrected chi connectivity index (χ3v) is 2.91. The Kier molecular flexibility index (Phi) is 4.10. The van der Waals surface area contributed by atoms with E-state index in [1.165, 1.54) is 31.4 Å². The number of nitrogens with one attached hydrogen (secondary N) is 1. The van der Waals surface area contributed by atoms with Crippen LogP contribution in [0, 0.1) is 5.82 Å². The molecule has 2 rings (SSSR count). The van der Waals surface area contributed by atoms with Crippen LogP contribution >= 0.6 is 11.6 Å². The van der Waals surface area contributed by atoms with E-state index in [0.29, 0.717) is 22.0 Å². The van der Waals surface area contributed by atoms with E-state index in [1.54, 1.807) is 12.1 Å². The largest absolute Gasteiger partial charge is 0.465 e. The molecule has 3 N–H and O–H groups in total. The van der Waals surface area contributed by atoms with Crippen LogP contribution in [0.1, 0.15) is 10.4 Å². The van der Waals surface area contributed by atoms with Gasteiger partial charge in [-0.2, -0.15) is 0 Å². The Bertz CT molecular complexity index is 662. The summed E-state index contributed by atoms with van der Waals surface area (Å²) < 4.78 is 18.3. The maximum atomic E-state index is 13.7. The van der Waals surface area contributed by atoms with E-state index in [-0.39, 0.29) is 5.69 Å². The molecule has 0 aliphatic rings. The lowest BCUT2D eigenvalue weighted by Crippen LogP contribution is -2.04. The molecular weight excluding hydrogens is 283 g/mol. The smallest absolute Gasteiger partial charge is 0.337 e. The summed E-state index contributed by atoms with van der Waals surface area (Å²) in [6, 6.07) is 8.79. The number of hydrogen-bond acceptors (Lipinski definition) is 4. The van der Waals surface area contributed by atoms with Crippen molar-refractivity contribution >= 4 is 34.6 Å². The minimum Gasteiger partial charge on any atom is -0.465 e. The van der Waals surface area contributed by atoms with E-state index >= 15 is 0 Å². The molecule has 4 nitrogen and oxygen atoms in total. The minimum atomic E-state index is -0.514. The number of carbonyl (C=O) groups excluding carboxylic acids is 1. The van der Waals surface area contributed by atoms with Crippen LogP contribution in [-0.4, -0.2) is 13.1 Å². The summed E-state index contributed by atoms with van der Waals surface area (Å²) in [6.07, 6.45) is 0. The van der Waals surface area contributed by atoms with Crippen molar-refractivity contribution in [3.05, 3.63) is 52.8 Å². The minimum absolute atomic E-state index is 0.211. The Morgan fingerprint density at radius 1 is 1.25 bits per heavy atom. The Labute approximate surface area is 120 Å². The molecular formula is C14H12ClFN2O2. The highest BCUT2D eigenvalue weighted by molar-refractivity contribution is 6.30. The second kappa shape index (κ2) is 5.79. The molecule has 0 aliphatic heterocycles. The van der Waals surface area contributed by atoms with Crippen LogP contribution in [0.5, 0.6) is 0 Å². The van der Waals surface area contributed by atoms with Gasteiger partial charge in [0.1, 0.15) is 5.82 Å². The number of ether oxygens (including phenoxy) is 1. The van der Waals surface area contributed by atoms with Gasteiger partial charge in [-0.15, -0.1) is 0 Å². The SMILES string of the molecule is COC(=O)c1ccc(N)c(Nc2ccc(Cl)cc2F)c1. The fourth-order valence-electron chi connectivity index (χ4n) is 1.65. The first kappa shape index (κ1) is 14.1. The van der Waals surface area contributed by atoms with Crippen molar-refractivity contribution in [1.29, 1.82) is 0 Å². The third kappa shape index (κ3) is 3.00. The maximum Gasteiger partial charge on any atom is 0.337 e. The standard InChI is InChI=1S/C14H12ClFN2O2/c1-20-14(19)8-2-4-11(17)13(6-8)18-12-5-3-9(15)7-10(12)16/h2-7,18H,17H2,1H3. The van der Waals surface area contributed by atoms with Crippen LogP contribution in [0.2, 0.25) is 5.02 Å². The molecule has 0 fully saturated rings. The third-order valence-electron chi connectivity index (χ3n) is 2.67. The zero-order valence-corrected chi connectivity index (χ0v) is 11.4. The summed E-state index contributed by atoms with van der Waals surface area (Å²) in [5, 5.41) is 3.12. The Hall–Kier alpha value is -2.27. The van der Waals surface area contributed by atoms with Crippen molar-refractivity contribution in [2.24, 2.45) is 0 Å². The van der Waals surface area contributed by atoms with E-state index in [2.05, 4.69) is 10.1 Å². The second-order valence-electron chi connectivity index (χ2n) is 4.04. The molecule has 20 heavy (non-hydrogen) atoms. The number of benzene rings is 2. The highest BCUT2D eigenvalue weighted by Crippen LogP contribution is 2.27. The van der Waals surface area contributed by atoms with E-state index in [1.807, 2.05) is 0 Å². The van der Waals surface area contributed by atoms with Gasteiger partial charge < -0.3 is 15.8 Å². The monoisotopic (exact) mass is 294 g/mol. The summed E-state index contributed by atoms with van der Waals surface area (Å²) >= 11 is 5.68. The lowest BCUT2D eigenvalue weighted by Gasteiger charge is -2.11. The molecule has 0 aromatic heterocycles. The number of hydrogen-bond donors (Lipinski definition) is 2. The predicted molar refractivity (Wildman–Crippen MR) is 76.9 cm³/mol. The summed E-state index contributed by atoms with van der Waals surface area (Å²) in [7, 11) is 1.28. The Balaban J connectivity index is 2.35. The number of anilines is 3. The first-order valence-corrected chi connectivity index (χ1v) is 6.09. The van der Waals surface area contributed by atoms with Crippen LogP contribution < -0.4 is 11.1 Å². The highest BCUT2D eigenvalue weighted by atomic mass is 35.5. The number of methoxy groups -OCH3 is 1. The van der Waals surface area contributed by atoms with Crippen molar-refractivity contribution in [2.75, 3.05) is 18.2 Å².